The molecule has 0 spiro atoms. The van der Waals surface area contributed by atoms with Crippen molar-refractivity contribution in [1.29, 1.82) is 0 Å². The molecule has 1 heterocycles. The third-order valence-corrected chi connectivity index (χ3v) is 3.21. The monoisotopic (exact) mass is 319 g/mol. The third kappa shape index (κ3) is 3.15. The number of nitro groups is 1. The topological polar surface area (TPSA) is 143 Å². The van der Waals surface area contributed by atoms with Crippen LogP contribution in [0.15, 0.2) is 18.2 Å². The lowest BCUT2D eigenvalue weighted by atomic mass is 9.99. The van der Waals surface area contributed by atoms with Gasteiger partial charge in [0.2, 0.25) is 12.0 Å². The van der Waals surface area contributed by atoms with Gasteiger partial charge < -0.3 is 29.9 Å². The zero-order chi connectivity index (χ0) is 16.4. The summed E-state index contributed by atoms with van der Waals surface area (Å²) in [7, 11) is 0. The predicted molar refractivity (Wildman–Crippen MR) is 67.4 cm³/mol. The second kappa shape index (κ2) is 6.50. The molecule has 1 saturated heterocycles. The van der Waals surface area contributed by atoms with Gasteiger partial charge >= 0.3 is 5.69 Å². The van der Waals surface area contributed by atoms with Crippen LogP contribution in [0.2, 0.25) is 0 Å². The molecule has 0 radical (unpaired) electrons. The van der Waals surface area contributed by atoms with E-state index >= 15 is 0 Å². The van der Waals surface area contributed by atoms with Crippen molar-refractivity contribution in [3.05, 3.63) is 34.1 Å². The van der Waals surface area contributed by atoms with Crippen molar-refractivity contribution < 1.29 is 39.2 Å². The van der Waals surface area contributed by atoms with Crippen molar-refractivity contribution in [2.45, 2.75) is 30.7 Å². The first-order valence-corrected chi connectivity index (χ1v) is 6.26. The Bertz CT molecular complexity index is 554. The van der Waals surface area contributed by atoms with E-state index in [9.17, 15) is 29.8 Å². The molecule has 1 fully saturated rings. The maximum atomic E-state index is 13.0. The predicted octanol–water partition coefficient (Wildman–Crippen LogP) is -1.09. The lowest BCUT2D eigenvalue weighted by molar-refractivity contribution is -0.387. The summed E-state index contributed by atoms with van der Waals surface area (Å²) in [6, 6.07) is 2.50. The number of aliphatic hydroxyl groups excluding tert-OH is 4. The number of benzene rings is 1. The van der Waals surface area contributed by atoms with Gasteiger partial charge in [-0.05, 0) is 12.1 Å². The fourth-order valence-corrected chi connectivity index (χ4v) is 2.02. The van der Waals surface area contributed by atoms with Crippen LogP contribution in [0.1, 0.15) is 0 Å². The summed E-state index contributed by atoms with van der Waals surface area (Å²) < 4.78 is 23.2. The van der Waals surface area contributed by atoms with Gasteiger partial charge in [0.1, 0.15) is 30.2 Å². The lowest BCUT2D eigenvalue weighted by Crippen LogP contribution is -2.60. The number of halogens is 1. The minimum atomic E-state index is -1.72. The molecule has 0 saturated carbocycles. The van der Waals surface area contributed by atoms with Gasteiger partial charge in [0.15, 0.2) is 0 Å². The van der Waals surface area contributed by atoms with Crippen molar-refractivity contribution in [2.24, 2.45) is 0 Å². The molecule has 0 unspecified atom stereocenters. The highest BCUT2D eigenvalue weighted by molar-refractivity contribution is 5.46. The molecule has 5 atom stereocenters. The molecule has 9 nitrogen and oxygen atoms in total. The SMILES string of the molecule is O=[N+]([O-])c1cc(F)ccc1O[C@@H]1O[C@H](CO)[C@H](O)[C@H](O)[C@H]1O. The van der Waals surface area contributed by atoms with Crippen LogP contribution in [0.4, 0.5) is 10.1 Å². The summed E-state index contributed by atoms with van der Waals surface area (Å²) in [5, 5.41) is 48.9. The van der Waals surface area contributed by atoms with E-state index in [0.717, 1.165) is 12.1 Å². The molecule has 1 aromatic carbocycles. The quantitative estimate of drug-likeness (QED) is 0.405. The number of nitro benzene ring substituents is 1. The molecule has 0 aromatic heterocycles. The highest BCUT2D eigenvalue weighted by atomic mass is 19.1. The Labute approximate surface area is 123 Å². The summed E-state index contributed by atoms with van der Waals surface area (Å²) in [6.07, 6.45) is -7.79. The van der Waals surface area contributed by atoms with Gasteiger partial charge in [-0.25, -0.2) is 4.39 Å². The van der Waals surface area contributed by atoms with Crippen LogP contribution < -0.4 is 4.74 Å². The molecule has 1 aliphatic heterocycles. The van der Waals surface area contributed by atoms with E-state index in [2.05, 4.69) is 0 Å². The molecule has 10 heteroatoms. The first kappa shape index (κ1) is 16.5. The van der Waals surface area contributed by atoms with Gasteiger partial charge in [-0.1, -0.05) is 0 Å². The zero-order valence-corrected chi connectivity index (χ0v) is 11.1. The smallest absolute Gasteiger partial charge is 0.313 e. The van der Waals surface area contributed by atoms with Crippen molar-refractivity contribution in [2.75, 3.05) is 6.61 Å². The van der Waals surface area contributed by atoms with Crippen LogP contribution in [0, 0.1) is 15.9 Å². The van der Waals surface area contributed by atoms with Crippen LogP contribution in [0.5, 0.6) is 5.75 Å². The number of hydrogen-bond acceptors (Lipinski definition) is 8. The fraction of sp³-hybridized carbons (Fsp3) is 0.500. The van der Waals surface area contributed by atoms with Crippen molar-refractivity contribution in [3.8, 4) is 5.75 Å². The third-order valence-electron chi connectivity index (χ3n) is 3.21. The Hall–Kier alpha value is -1.85. The number of nitrogens with zero attached hydrogens (tertiary/aromatic N) is 1. The minimum absolute atomic E-state index is 0.393. The molecular formula is C12H14FNO8. The summed E-state index contributed by atoms with van der Waals surface area (Å²) in [4.78, 5) is 9.97. The zero-order valence-electron chi connectivity index (χ0n) is 11.1. The molecule has 22 heavy (non-hydrogen) atoms. The number of rotatable bonds is 4. The second-order valence-corrected chi connectivity index (χ2v) is 4.68. The second-order valence-electron chi connectivity index (χ2n) is 4.68. The van der Waals surface area contributed by atoms with Crippen LogP contribution in [-0.4, -0.2) is 62.7 Å². The van der Waals surface area contributed by atoms with E-state index in [1.54, 1.807) is 0 Å². The lowest BCUT2D eigenvalue weighted by Gasteiger charge is -2.39. The first-order valence-electron chi connectivity index (χ1n) is 6.26. The average Bonchev–Trinajstić information content (AvgIpc) is 2.49. The van der Waals surface area contributed by atoms with E-state index in [0.29, 0.717) is 6.07 Å². The van der Waals surface area contributed by atoms with Crippen LogP contribution in [-0.2, 0) is 4.74 Å². The van der Waals surface area contributed by atoms with E-state index in [-0.39, 0.29) is 0 Å². The Kier molecular flexibility index (Phi) is 4.88. The standard InChI is InChI=1S/C12H14FNO8/c13-5-1-2-7(6(3-5)14(19)20)21-12-11(18)10(17)9(16)8(4-15)22-12/h1-3,8-12,15-18H,4H2/t8-,9+,10+,11-,12-/m1/s1. The molecule has 0 bridgehead atoms. The Balaban J connectivity index is 2.24. The molecule has 1 aliphatic rings. The Morgan fingerprint density at radius 1 is 1.27 bits per heavy atom. The van der Waals surface area contributed by atoms with Gasteiger partial charge in [-0.15, -0.1) is 0 Å². The fourth-order valence-electron chi connectivity index (χ4n) is 2.02. The summed E-state index contributed by atoms with van der Waals surface area (Å²) in [6.45, 7) is -0.670. The Morgan fingerprint density at radius 2 is 1.95 bits per heavy atom. The summed E-state index contributed by atoms with van der Waals surface area (Å²) in [5.74, 6) is -1.25. The largest absolute Gasteiger partial charge is 0.455 e. The normalized spacial score (nSPS) is 31.8. The van der Waals surface area contributed by atoms with Gasteiger partial charge in [-0.3, -0.25) is 10.1 Å². The average molecular weight is 319 g/mol. The highest BCUT2D eigenvalue weighted by Gasteiger charge is 2.45. The van der Waals surface area contributed by atoms with E-state index in [1.165, 1.54) is 0 Å². The van der Waals surface area contributed by atoms with E-state index in [4.69, 9.17) is 14.6 Å². The van der Waals surface area contributed by atoms with Crippen LogP contribution in [0.25, 0.3) is 0 Å². The van der Waals surface area contributed by atoms with Crippen molar-refractivity contribution in [3.63, 3.8) is 0 Å². The van der Waals surface area contributed by atoms with Crippen LogP contribution >= 0.6 is 0 Å². The molecule has 2 rings (SSSR count). The van der Waals surface area contributed by atoms with E-state index in [1.807, 2.05) is 0 Å². The van der Waals surface area contributed by atoms with Gasteiger partial charge in [-0.2, -0.15) is 0 Å². The van der Waals surface area contributed by atoms with Gasteiger partial charge in [0, 0.05) is 0 Å². The number of aliphatic hydroxyl groups is 4. The highest BCUT2D eigenvalue weighted by Crippen LogP contribution is 2.31. The molecule has 0 amide bonds. The minimum Gasteiger partial charge on any atom is -0.455 e. The first-order chi connectivity index (χ1) is 10.3. The molecule has 4 N–H and O–H groups in total. The number of ether oxygens (including phenoxy) is 2. The van der Waals surface area contributed by atoms with Gasteiger partial charge in [0.05, 0.1) is 17.6 Å². The van der Waals surface area contributed by atoms with Gasteiger partial charge in [0.25, 0.3) is 0 Å². The Morgan fingerprint density at radius 3 is 2.55 bits per heavy atom. The van der Waals surface area contributed by atoms with Crippen LogP contribution in [0.3, 0.4) is 0 Å². The molecular weight excluding hydrogens is 305 g/mol. The van der Waals surface area contributed by atoms with Crippen molar-refractivity contribution in [1.82, 2.24) is 0 Å². The van der Waals surface area contributed by atoms with E-state index < -0.39 is 59.5 Å². The summed E-state index contributed by atoms with van der Waals surface area (Å²) in [5.41, 5.74) is -0.697. The molecule has 0 aliphatic carbocycles. The van der Waals surface area contributed by atoms with Crippen molar-refractivity contribution >= 4 is 5.69 Å². The maximum absolute atomic E-state index is 13.0. The summed E-state index contributed by atoms with van der Waals surface area (Å²) >= 11 is 0. The maximum Gasteiger partial charge on any atom is 0.313 e. The number of hydrogen-bond donors (Lipinski definition) is 4. The molecule has 122 valence electrons. The molecule has 1 aromatic rings.